The lowest BCUT2D eigenvalue weighted by Crippen LogP contribution is -2.19. The Morgan fingerprint density at radius 1 is 1.16 bits per heavy atom. The van der Waals surface area contributed by atoms with Crippen molar-refractivity contribution in [2.45, 2.75) is 53.4 Å². The maximum absolute atomic E-state index is 11.2. The van der Waals surface area contributed by atoms with Crippen LogP contribution in [0.3, 0.4) is 0 Å². The van der Waals surface area contributed by atoms with Gasteiger partial charge >= 0.3 is 0 Å². The van der Waals surface area contributed by atoms with Crippen LogP contribution in [0.15, 0.2) is 24.3 Å². The van der Waals surface area contributed by atoms with E-state index in [0.29, 0.717) is 5.92 Å². The van der Waals surface area contributed by atoms with Gasteiger partial charge in [-0.15, -0.1) is 0 Å². The highest BCUT2D eigenvalue weighted by Gasteiger charge is 2.24. The third-order valence-electron chi connectivity index (χ3n) is 3.47. The van der Waals surface area contributed by atoms with Crippen LogP contribution < -0.4 is 0 Å². The molecule has 0 N–H and O–H groups in total. The third kappa shape index (κ3) is 5.78. The smallest absolute Gasteiger partial charge is 0.227 e. The van der Waals surface area contributed by atoms with Gasteiger partial charge in [0.05, 0.1) is 0 Å². The zero-order chi connectivity index (χ0) is 14.5. The van der Waals surface area contributed by atoms with E-state index in [-0.39, 0.29) is 5.24 Å². The molecule has 0 radical (unpaired) electrons. The second-order valence-corrected chi connectivity index (χ2v) is 6.77. The Bertz CT molecular complexity index is 404. The lowest BCUT2D eigenvalue weighted by molar-refractivity contribution is -0.119. The summed E-state index contributed by atoms with van der Waals surface area (Å²) >= 11 is 5.58. The van der Waals surface area contributed by atoms with Crippen LogP contribution in [-0.4, -0.2) is 5.24 Å². The van der Waals surface area contributed by atoms with Crippen molar-refractivity contribution in [1.82, 2.24) is 0 Å². The molecule has 1 nitrogen and oxygen atoms in total. The second-order valence-electron chi connectivity index (χ2n) is 6.43. The molecule has 1 rings (SSSR count). The minimum Gasteiger partial charge on any atom is -0.281 e. The molecular formula is C17H25ClO. The summed E-state index contributed by atoms with van der Waals surface area (Å²) in [6, 6.07) is 8.83. The van der Waals surface area contributed by atoms with E-state index in [2.05, 4.69) is 38.1 Å². The summed E-state index contributed by atoms with van der Waals surface area (Å²) in [6.07, 6.45) is 3.97. The summed E-state index contributed by atoms with van der Waals surface area (Å²) in [6.45, 7) is 8.29. The quantitative estimate of drug-likeness (QED) is 0.643. The molecule has 0 fully saturated rings. The van der Waals surface area contributed by atoms with E-state index in [1.54, 1.807) is 0 Å². The molecule has 2 heteroatoms. The molecule has 0 saturated heterocycles. The van der Waals surface area contributed by atoms with Crippen molar-refractivity contribution < 1.29 is 4.79 Å². The van der Waals surface area contributed by atoms with E-state index < -0.39 is 5.41 Å². The van der Waals surface area contributed by atoms with E-state index in [4.69, 9.17) is 11.6 Å². The molecule has 1 aromatic carbocycles. The number of halogens is 1. The molecule has 0 heterocycles. The number of carbonyl (C=O) groups excluding carboxylic acids is 1. The van der Waals surface area contributed by atoms with Crippen molar-refractivity contribution in [2.24, 2.45) is 11.3 Å². The fourth-order valence-electron chi connectivity index (χ4n) is 2.15. The van der Waals surface area contributed by atoms with Crippen LogP contribution >= 0.6 is 11.6 Å². The molecule has 106 valence electrons. The van der Waals surface area contributed by atoms with Crippen LogP contribution in [0.2, 0.25) is 0 Å². The Balaban J connectivity index is 2.44. The molecule has 0 aliphatic carbocycles. The molecular weight excluding hydrogens is 256 g/mol. The van der Waals surface area contributed by atoms with Crippen molar-refractivity contribution in [1.29, 1.82) is 0 Å². The van der Waals surface area contributed by atoms with Crippen molar-refractivity contribution in [2.75, 3.05) is 0 Å². The zero-order valence-electron chi connectivity index (χ0n) is 12.5. The first-order valence-electron chi connectivity index (χ1n) is 7.09. The molecule has 0 aliphatic rings. The average molecular weight is 281 g/mol. The van der Waals surface area contributed by atoms with Gasteiger partial charge in [-0.1, -0.05) is 52.0 Å². The number of hydrogen-bond acceptors (Lipinski definition) is 1. The highest BCUT2D eigenvalue weighted by Crippen LogP contribution is 2.26. The number of rotatable bonds is 7. The van der Waals surface area contributed by atoms with E-state index in [1.807, 2.05) is 13.8 Å². The second kappa shape index (κ2) is 7.09. The van der Waals surface area contributed by atoms with Crippen LogP contribution in [0.25, 0.3) is 0 Å². The van der Waals surface area contributed by atoms with Gasteiger partial charge in [0.25, 0.3) is 0 Å². The van der Waals surface area contributed by atoms with Gasteiger partial charge in [-0.25, -0.2) is 0 Å². The summed E-state index contributed by atoms with van der Waals surface area (Å²) < 4.78 is 0. The number of benzene rings is 1. The van der Waals surface area contributed by atoms with Crippen molar-refractivity contribution in [3.63, 3.8) is 0 Å². The number of hydrogen-bond donors (Lipinski definition) is 0. The van der Waals surface area contributed by atoms with Crippen LogP contribution in [0, 0.1) is 11.3 Å². The monoisotopic (exact) mass is 280 g/mol. The van der Waals surface area contributed by atoms with Gasteiger partial charge in [0.1, 0.15) is 0 Å². The SMILES string of the molecule is CC(C)Cc1ccc(CCCC(C)(C)C(=O)Cl)cc1. The Labute approximate surface area is 122 Å². The van der Waals surface area contributed by atoms with Crippen molar-refractivity contribution >= 4 is 16.8 Å². The van der Waals surface area contributed by atoms with Gasteiger partial charge in [0.15, 0.2) is 0 Å². The Kier molecular flexibility index (Phi) is 6.06. The number of carbonyl (C=O) groups is 1. The predicted molar refractivity (Wildman–Crippen MR) is 82.6 cm³/mol. The lowest BCUT2D eigenvalue weighted by atomic mass is 9.88. The normalized spacial score (nSPS) is 11.9. The maximum Gasteiger partial charge on any atom is 0.227 e. The van der Waals surface area contributed by atoms with Gasteiger partial charge < -0.3 is 0 Å². The topological polar surface area (TPSA) is 17.1 Å². The summed E-state index contributed by atoms with van der Waals surface area (Å²) in [5.41, 5.74) is 2.33. The van der Waals surface area contributed by atoms with E-state index in [9.17, 15) is 4.79 Å². The van der Waals surface area contributed by atoms with Crippen molar-refractivity contribution in [3.05, 3.63) is 35.4 Å². The van der Waals surface area contributed by atoms with Gasteiger partial charge in [-0.2, -0.15) is 0 Å². The first-order chi connectivity index (χ1) is 8.81. The molecule has 0 spiro atoms. The molecule has 0 bridgehead atoms. The van der Waals surface area contributed by atoms with Gasteiger partial charge in [0.2, 0.25) is 5.24 Å². The first kappa shape index (κ1) is 16.2. The number of aryl methyl sites for hydroxylation is 1. The fraction of sp³-hybridized carbons (Fsp3) is 0.588. The molecule has 1 aromatic rings. The minimum absolute atomic E-state index is 0.236. The highest BCUT2D eigenvalue weighted by molar-refractivity contribution is 6.64. The molecule has 0 amide bonds. The molecule has 0 saturated carbocycles. The van der Waals surface area contributed by atoms with Gasteiger partial charge in [-0.05, 0) is 54.3 Å². The summed E-state index contributed by atoms with van der Waals surface area (Å²) in [5, 5.41) is -0.236. The van der Waals surface area contributed by atoms with E-state index in [0.717, 1.165) is 25.7 Å². The van der Waals surface area contributed by atoms with Gasteiger partial charge in [0, 0.05) is 5.41 Å². The van der Waals surface area contributed by atoms with Crippen LogP contribution in [-0.2, 0) is 17.6 Å². The molecule has 0 atom stereocenters. The van der Waals surface area contributed by atoms with Gasteiger partial charge in [-0.3, -0.25) is 4.79 Å². The summed E-state index contributed by atoms with van der Waals surface area (Å²) in [7, 11) is 0. The van der Waals surface area contributed by atoms with E-state index >= 15 is 0 Å². The fourth-order valence-corrected chi connectivity index (χ4v) is 2.24. The molecule has 0 unspecified atom stereocenters. The Morgan fingerprint density at radius 3 is 2.16 bits per heavy atom. The largest absolute Gasteiger partial charge is 0.281 e. The summed E-state index contributed by atoms with van der Waals surface area (Å²) in [4.78, 5) is 11.2. The highest BCUT2D eigenvalue weighted by atomic mass is 35.5. The Morgan fingerprint density at radius 2 is 1.68 bits per heavy atom. The summed E-state index contributed by atoms with van der Waals surface area (Å²) in [5.74, 6) is 0.696. The first-order valence-corrected chi connectivity index (χ1v) is 7.47. The standard InChI is InChI=1S/C17H25ClO/c1-13(2)12-15-9-7-14(8-10-15)6-5-11-17(3,4)16(18)19/h7-10,13H,5-6,11-12H2,1-4H3. The van der Waals surface area contributed by atoms with Crippen LogP contribution in [0.5, 0.6) is 0 Å². The lowest BCUT2D eigenvalue weighted by Gasteiger charge is -2.19. The third-order valence-corrected chi connectivity index (χ3v) is 3.98. The maximum atomic E-state index is 11.2. The predicted octanol–water partition coefficient (Wildman–Crippen LogP) is 5.00. The Hall–Kier alpha value is -0.820. The minimum atomic E-state index is -0.404. The van der Waals surface area contributed by atoms with E-state index in [1.165, 1.54) is 11.1 Å². The van der Waals surface area contributed by atoms with Crippen LogP contribution in [0.1, 0.15) is 51.7 Å². The molecule has 19 heavy (non-hydrogen) atoms. The molecule has 0 aromatic heterocycles. The average Bonchev–Trinajstić information content (AvgIpc) is 2.30. The van der Waals surface area contributed by atoms with Crippen molar-refractivity contribution in [3.8, 4) is 0 Å². The zero-order valence-corrected chi connectivity index (χ0v) is 13.3. The van der Waals surface area contributed by atoms with Crippen LogP contribution in [0.4, 0.5) is 0 Å². The molecule has 0 aliphatic heterocycles.